The zero-order valence-corrected chi connectivity index (χ0v) is 11.2. The Bertz CT molecular complexity index is 440. The topological polar surface area (TPSA) is 59.2 Å². The van der Waals surface area contributed by atoms with Gasteiger partial charge in [-0.25, -0.2) is 0 Å². The molecule has 0 aliphatic heterocycles. The summed E-state index contributed by atoms with van der Waals surface area (Å²) < 4.78 is 0. The molecule has 3 rings (SSSR count). The fourth-order valence-electron chi connectivity index (χ4n) is 2.48. The van der Waals surface area contributed by atoms with Crippen molar-refractivity contribution >= 4 is 5.91 Å². The Balaban J connectivity index is 1.61. The van der Waals surface area contributed by atoms with E-state index < -0.39 is 0 Å². The third-order valence-electron chi connectivity index (χ3n) is 4.00. The number of pyridine rings is 1. The molecule has 19 heavy (non-hydrogen) atoms. The van der Waals surface area contributed by atoms with Gasteiger partial charge in [-0.1, -0.05) is 6.07 Å². The molecular formula is C15H21N3O. The Morgan fingerprint density at radius 3 is 2.74 bits per heavy atom. The summed E-state index contributed by atoms with van der Waals surface area (Å²) in [6, 6.07) is 6.31. The van der Waals surface area contributed by atoms with E-state index in [1.165, 1.54) is 12.8 Å². The first-order chi connectivity index (χ1) is 9.24. The van der Waals surface area contributed by atoms with E-state index in [4.69, 9.17) is 5.73 Å². The van der Waals surface area contributed by atoms with E-state index in [0.29, 0.717) is 24.9 Å². The van der Waals surface area contributed by atoms with E-state index in [0.717, 1.165) is 18.5 Å². The smallest absolute Gasteiger partial charge is 0.224 e. The van der Waals surface area contributed by atoms with Gasteiger partial charge in [-0.2, -0.15) is 0 Å². The molecule has 0 aromatic carbocycles. The molecule has 0 bridgehead atoms. The van der Waals surface area contributed by atoms with Gasteiger partial charge in [0.15, 0.2) is 0 Å². The van der Waals surface area contributed by atoms with Crippen LogP contribution in [0.3, 0.4) is 0 Å². The van der Waals surface area contributed by atoms with Crippen LogP contribution in [0.4, 0.5) is 0 Å². The number of carbonyl (C=O) groups is 1. The van der Waals surface area contributed by atoms with Gasteiger partial charge in [-0.15, -0.1) is 0 Å². The molecule has 0 saturated heterocycles. The Hall–Kier alpha value is -1.42. The lowest BCUT2D eigenvalue weighted by molar-refractivity contribution is -0.132. The molecule has 2 aliphatic carbocycles. The van der Waals surface area contributed by atoms with Gasteiger partial charge in [0.1, 0.15) is 0 Å². The maximum atomic E-state index is 12.4. The maximum Gasteiger partial charge on any atom is 0.224 e. The highest BCUT2D eigenvalue weighted by molar-refractivity contribution is 5.77. The van der Waals surface area contributed by atoms with Crippen molar-refractivity contribution in [2.45, 2.75) is 50.7 Å². The first kappa shape index (κ1) is 12.6. The predicted molar refractivity (Wildman–Crippen MR) is 73.1 cm³/mol. The minimum atomic E-state index is 0.0532. The highest BCUT2D eigenvalue weighted by atomic mass is 16.2. The predicted octanol–water partition coefficient (Wildman–Crippen LogP) is 1.70. The van der Waals surface area contributed by atoms with E-state index in [-0.39, 0.29) is 11.9 Å². The first-order valence-electron chi connectivity index (χ1n) is 7.19. The minimum absolute atomic E-state index is 0.0532. The fraction of sp³-hybridized carbons (Fsp3) is 0.600. The molecule has 1 aromatic rings. The van der Waals surface area contributed by atoms with E-state index >= 15 is 0 Å². The normalized spacial score (nSPS) is 20.1. The van der Waals surface area contributed by atoms with Crippen molar-refractivity contribution in [2.75, 3.05) is 0 Å². The van der Waals surface area contributed by atoms with Gasteiger partial charge >= 0.3 is 0 Å². The molecule has 1 heterocycles. The molecule has 2 N–H and O–H groups in total. The van der Waals surface area contributed by atoms with Crippen LogP contribution < -0.4 is 5.73 Å². The van der Waals surface area contributed by atoms with Crippen LogP contribution in [0, 0.1) is 5.92 Å². The molecule has 2 fully saturated rings. The number of aromatic nitrogens is 1. The second-order valence-corrected chi connectivity index (χ2v) is 5.78. The lowest BCUT2D eigenvalue weighted by Crippen LogP contribution is -2.37. The molecule has 1 amide bonds. The second-order valence-electron chi connectivity index (χ2n) is 5.78. The molecule has 0 spiro atoms. The van der Waals surface area contributed by atoms with Crippen LogP contribution in [0.2, 0.25) is 0 Å². The van der Waals surface area contributed by atoms with Crippen LogP contribution in [0.15, 0.2) is 24.4 Å². The Labute approximate surface area is 114 Å². The standard InChI is InChI=1S/C15H21N3O/c16-14(11-4-5-11)9-15(19)18(13-6-7-13)10-12-3-1-2-8-17-12/h1-3,8,11,13-14H,4-7,9-10,16H2. The summed E-state index contributed by atoms with van der Waals surface area (Å²) in [5.41, 5.74) is 7.03. The lowest BCUT2D eigenvalue weighted by Gasteiger charge is -2.23. The van der Waals surface area contributed by atoms with Crippen molar-refractivity contribution in [2.24, 2.45) is 11.7 Å². The highest BCUT2D eigenvalue weighted by Gasteiger charge is 2.36. The van der Waals surface area contributed by atoms with Gasteiger partial charge in [0.25, 0.3) is 0 Å². The van der Waals surface area contributed by atoms with Gasteiger partial charge < -0.3 is 10.6 Å². The second kappa shape index (κ2) is 5.29. The molecule has 4 nitrogen and oxygen atoms in total. The molecule has 1 aromatic heterocycles. The molecule has 1 unspecified atom stereocenters. The van der Waals surface area contributed by atoms with E-state index in [2.05, 4.69) is 4.98 Å². The van der Waals surface area contributed by atoms with Crippen LogP contribution in [-0.4, -0.2) is 27.9 Å². The van der Waals surface area contributed by atoms with Crippen molar-refractivity contribution in [3.05, 3.63) is 30.1 Å². The fourth-order valence-corrected chi connectivity index (χ4v) is 2.48. The number of nitrogens with two attached hydrogens (primary N) is 1. The SMILES string of the molecule is NC(CC(=O)N(Cc1ccccn1)C1CC1)C1CC1. The summed E-state index contributed by atoms with van der Waals surface area (Å²) in [6.07, 6.45) is 6.90. The van der Waals surface area contributed by atoms with Crippen LogP contribution in [0.25, 0.3) is 0 Å². The number of amides is 1. The minimum Gasteiger partial charge on any atom is -0.334 e. The van der Waals surface area contributed by atoms with Crippen molar-refractivity contribution in [1.29, 1.82) is 0 Å². The number of carbonyl (C=O) groups excluding carboxylic acids is 1. The summed E-state index contributed by atoms with van der Waals surface area (Å²) >= 11 is 0. The quantitative estimate of drug-likeness (QED) is 0.846. The zero-order chi connectivity index (χ0) is 13.2. The van der Waals surface area contributed by atoms with Crippen molar-refractivity contribution in [3.8, 4) is 0 Å². The Kier molecular flexibility index (Phi) is 3.51. The van der Waals surface area contributed by atoms with Crippen LogP contribution >= 0.6 is 0 Å². The first-order valence-corrected chi connectivity index (χ1v) is 7.19. The zero-order valence-electron chi connectivity index (χ0n) is 11.2. The molecule has 1 atom stereocenters. The van der Waals surface area contributed by atoms with Crippen molar-refractivity contribution in [3.63, 3.8) is 0 Å². The van der Waals surface area contributed by atoms with Crippen LogP contribution in [0.1, 0.15) is 37.8 Å². The van der Waals surface area contributed by atoms with Gasteiger partial charge in [0.2, 0.25) is 5.91 Å². The number of rotatable bonds is 6. The van der Waals surface area contributed by atoms with Gasteiger partial charge in [-0.3, -0.25) is 9.78 Å². The maximum absolute atomic E-state index is 12.4. The molecule has 4 heteroatoms. The van der Waals surface area contributed by atoms with Crippen LogP contribution in [-0.2, 0) is 11.3 Å². The lowest BCUT2D eigenvalue weighted by atomic mass is 10.1. The average Bonchev–Trinajstić information content (AvgIpc) is 3.30. The molecule has 2 saturated carbocycles. The summed E-state index contributed by atoms with van der Waals surface area (Å²) in [7, 11) is 0. The van der Waals surface area contributed by atoms with Crippen molar-refractivity contribution in [1.82, 2.24) is 9.88 Å². The number of hydrogen-bond donors (Lipinski definition) is 1. The van der Waals surface area contributed by atoms with E-state index in [1.807, 2.05) is 23.1 Å². The summed E-state index contributed by atoms with van der Waals surface area (Å²) in [6.45, 7) is 0.627. The number of hydrogen-bond acceptors (Lipinski definition) is 3. The largest absolute Gasteiger partial charge is 0.334 e. The van der Waals surface area contributed by atoms with Gasteiger partial charge in [-0.05, 0) is 43.7 Å². The molecular weight excluding hydrogens is 238 g/mol. The third-order valence-corrected chi connectivity index (χ3v) is 4.00. The molecule has 2 aliphatic rings. The summed E-state index contributed by atoms with van der Waals surface area (Å²) in [4.78, 5) is 18.7. The number of nitrogens with zero attached hydrogens (tertiary/aromatic N) is 2. The Morgan fingerprint density at radius 1 is 1.37 bits per heavy atom. The molecule has 102 valence electrons. The third kappa shape index (κ3) is 3.32. The monoisotopic (exact) mass is 259 g/mol. The summed E-state index contributed by atoms with van der Waals surface area (Å²) in [5, 5.41) is 0. The highest BCUT2D eigenvalue weighted by Crippen LogP contribution is 2.34. The Morgan fingerprint density at radius 2 is 2.16 bits per heavy atom. The van der Waals surface area contributed by atoms with Gasteiger partial charge in [0.05, 0.1) is 12.2 Å². The van der Waals surface area contributed by atoms with E-state index in [1.54, 1.807) is 6.20 Å². The molecule has 0 radical (unpaired) electrons. The summed E-state index contributed by atoms with van der Waals surface area (Å²) in [5.74, 6) is 0.785. The average molecular weight is 259 g/mol. The van der Waals surface area contributed by atoms with Gasteiger partial charge in [0, 0.05) is 24.7 Å². The van der Waals surface area contributed by atoms with Crippen LogP contribution in [0.5, 0.6) is 0 Å². The van der Waals surface area contributed by atoms with E-state index in [9.17, 15) is 4.79 Å². The van der Waals surface area contributed by atoms with Crippen molar-refractivity contribution < 1.29 is 4.79 Å².